The molecule has 0 N–H and O–H groups in total. The van der Waals surface area contributed by atoms with Crippen molar-refractivity contribution in [2.45, 2.75) is 26.4 Å². The molecule has 5 heteroatoms. The van der Waals surface area contributed by atoms with Crippen molar-refractivity contribution in [3.8, 4) is 23.1 Å². The van der Waals surface area contributed by atoms with Crippen molar-refractivity contribution in [1.82, 2.24) is 4.98 Å². The fourth-order valence-corrected chi connectivity index (χ4v) is 2.35. The zero-order chi connectivity index (χ0) is 16.4. The highest BCUT2D eigenvalue weighted by Crippen LogP contribution is 2.30. The number of nitrogens with zero attached hydrogens (tertiary/aromatic N) is 1. The van der Waals surface area contributed by atoms with Crippen LogP contribution in [0.5, 0.6) is 11.5 Å². The molecule has 3 aromatic rings. The molecule has 2 heterocycles. The van der Waals surface area contributed by atoms with Gasteiger partial charge in [0.05, 0.1) is 12.9 Å². The summed E-state index contributed by atoms with van der Waals surface area (Å²) in [6.07, 6.45) is 4.17. The topological polar surface area (TPSA) is 57.6 Å². The molecule has 0 atom stereocenters. The van der Waals surface area contributed by atoms with Gasteiger partial charge in [0, 0.05) is 0 Å². The highest BCUT2D eigenvalue weighted by molar-refractivity contribution is 5.44. The van der Waals surface area contributed by atoms with Crippen LogP contribution in [0.25, 0.3) is 11.7 Å². The number of hydrogen-bond donors (Lipinski definition) is 0. The average molecular weight is 325 g/mol. The van der Waals surface area contributed by atoms with E-state index in [0.717, 1.165) is 35.5 Å². The molecule has 2 aromatic heterocycles. The van der Waals surface area contributed by atoms with Crippen LogP contribution in [0.2, 0.25) is 0 Å². The quantitative estimate of drug-likeness (QED) is 0.635. The molecule has 24 heavy (non-hydrogen) atoms. The van der Waals surface area contributed by atoms with Crippen LogP contribution in [0.1, 0.15) is 24.3 Å². The Morgan fingerprint density at radius 3 is 2.50 bits per heavy atom. The van der Waals surface area contributed by atoms with Crippen LogP contribution < -0.4 is 9.47 Å². The van der Waals surface area contributed by atoms with Gasteiger partial charge in [0.1, 0.15) is 29.6 Å². The second kappa shape index (κ2) is 6.43. The molecule has 1 aromatic carbocycles. The Hall–Kier alpha value is -2.69. The molecule has 1 aliphatic carbocycles. The van der Waals surface area contributed by atoms with Gasteiger partial charge in [-0.15, -0.1) is 0 Å². The first-order chi connectivity index (χ1) is 11.8. The molecule has 1 saturated carbocycles. The average Bonchev–Trinajstić information content (AvgIpc) is 3.12. The molecule has 0 bridgehead atoms. The van der Waals surface area contributed by atoms with Crippen LogP contribution in [0.3, 0.4) is 0 Å². The molecule has 124 valence electrons. The minimum atomic E-state index is 0.346. The summed E-state index contributed by atoms with van der Waals surface area (Å²) in [6, 6.07) is 11.3. The van der Waals surface area contributed by atoms with E-state index in [9.17, 15) is 0 Å². The predicted octanol–water partition coefficient (Wildman–Crippen LogP) is 4.61. The Bertz CT molecular complexity index is 785. The van der Waals surface area contributed by atoms with E-state index in [2.05, 4.69) is 4.98 Å². The smallest absolute Gasteiger partial charge is 0.263 e. The maximum Gasteiger partial charge on any atom is 0.263 e. The summed E-state index contributed by atoms with van der Waals surface area (Å²) in [4.78, 5) is 4.43. The Morgan fingerprint density at radius 1 is 1.08 bits per heavy atom. The fourth-order valence-electron chi connectivity index (χ4n) is 2.35. The van der Waals surface area contributed by atoms with Crippen molar-refractivity contribution in [3.63, 3.8) is 0 Å². The van der Waals surface area contributed by atoms with E-state index in [1.807, 2.05) is 37.3 Å². The third-order valence-electron chi connectivity index (χ3n) is 4.01. The molecule has 1 fully saturated rings. The van der Waals surface area contributed by atoms with Crippen LogP contribution >= 0.6 is 0 Å². The van der Waals surface area contributed by atoms with Crippen LogP contribution in [0.15, 0.2) is 51.5 Å². The number of oxazole rings is 1. The van der Waals surface area contributed by atoms with Crippen molar-refractivity contribution in [2.75, 3.05) is 6.61 Å². The van der Waals surface area contributed by atoms with Gasteiger partial charge in [0.2, 0.25) is 0 Å². The SMILES string of the molecule is Cc1oc(-c2ccco2)nc1COc1ccc(OCC2CC2)cc1. The third kappa shape index (κ3) is 3.45. The first-order valence-electron chi connectivity index (χ1n) is 8.14. The van der Waals surface area contributed by atoms with E-state index < -0.39 is 0 Å². The van der Waals surface area contributed by atoms with Crippen LogP contribution in [-0.4, -0.2) is 11.6 Å². The standard InChI is InChI=1S/C19H19NO4/c1-13-17(20-19(24-13)18-3-2-10-21-18)12-23-16-8-6-15(7-9-16)22-11-14-4-5-14/h2-3,6-10,14H,4-5,11-12H2,1H3. The molecule has 0 unspecified atom stereocenters. The monoisotopic (exact) mass is 325 g/mol. The molecule has 0 amide bonds. The first-order valence-corrected chi connectivity index (χ1v) is 8.14. The van der Waals surface area contributed by atoms with Crippen molar-refractivity contribution in [1.29, 1.82) is 0 Å². The number of furan rings is 1. The van der Waals surface area contributed by atoms with E-state index in [4.69, 9.17) is 18.3 Å². The predicted molar refractivity (Wildman–Crippen MR) is 87.9 cm³/mol. The highest BCUT2D eigenvalue weighted by atomic mass is 16.5. The highest BCUT2D eigenvalue weighted by Gasteiger charge is 2.21. The first kappa shape index (κ1) is 14.9. The lowest BCUT2D eigenvalue weighted by molar-refractivity contribution is 0.291. The van der Waals surface area contributed by atoms with Crippen molar-refractivity contribution < 1.29 is 18.3 Å². The molecule has 4 rings (SSSR count). The lowest BCUT2D eigenvalue weighted by atomic mass is 10.3. The summed E-state index contributed by atoms with van der Waals surface area (Å²) in [5.41, 5.74) is 0.760. The minimum absolute atomic E-state index is 0.346. The van der Waals surface area contributed by atoms with Crippen molar-refractivity contribution in [3.05, 3.63) is 54.1 Å². The fraction of sp³-hybridized carbons (Fsp3) is 0.316. The molecule has 0 spiro atoms. The second-order valence-corrected chi connectivity index (χ2v) is 6.01. The Morgan fingerprint density at radius 2 is 1.83 bits per heavy atom. The molecule has 0 aliphatic heterocycles. The summed E-state index contributed by atoms with van der Waals surface area (Å²) in [6.45, 7) is 3.03. The normalized spacial score (nSPS) is 13.9. The summed E-state index contributed by atoms with van der Waals surface area (Å²) >= 11 is 0. The number of hydrogen-bond acceptors (Lipinski definition) is 5. The van der Waals surface area contributed by atoms with Gasteiger partial charge in [-0.25, -0.2) is 4.98 Å². The maximum absolute atomic E-state index is 5.79. The lowest BCUT2D eigenvalue weighted by Crippen LogP contribution is -2.00. The zero-order valence-corrected chi connectivity index (χ0v) is 13.5. The van der Waals surface area contributed by atoms with Gasteiger partial charge in [-0.05, 0) is 62.1 Å². The minimum Gasteiger partial charge on any atom is -0.493 e. The zero-order valence-electron chi connectivity index (χ0n) is 13.5. The van der Waals surface area contributed by atoms with Crippen molar-refractivity contribution >= 4 is 0 Å². The van der Waals surface area contributed by atoms with Gasteiger partial charge in [-0.1, -0.05) is 0 Å². The van der Waals surface area contributed by atoms with E-state index in [1.165, 1.54) is 12.8 Å². The molecule has 1 aliphatic rings. The molecule has 5 nitrogen and oxygen atoms in total. The summed E-state index contributed by atoms with van der Waals surface area (Å²) in [5.74, 6) is 4.22. The summed E-state index contributed by atoms with van der Waals surface area (Å²) in [7, 11) is 0. The van der Waals surface area contributed by atoms with Gasteiger partial charge in [-0.2, -0.15) is 0 Å². The van der Waals surface area contributed by atoms with E-state index in [0.29, 0.717) is 18.3 Å². The number of ether oxygens (including phenoxy) is 2. The van der Waals surface area contributed by atoms with E-state index in [-0.39, 0.29) is 0 Å². The molecule has 0 radical (unpaired) electrons. The largest absolute Gasteiger partial charge is 0.493 e. The van der Waals surface area contributed by atoms with Crippen LogP contribution in [-0.2, 0) is 6.61 Å². The van der Waals surface area contributed by atoms with Gasteiger partial charge in [-0.3, -0.25) is 0 Å². The summed E-state index contributed by atoms with van der Waals surface area (Å²) in [5, 5.41) is 0. The van der Waals surface area contributed by atoms with Gasteiger partial charge in [0.15, 0.2) is 5.76 Å². The van der Waals surface area contributed by atoms with Crippen LogP contribution in [0.4, 0.5) is 0 Å². The maximum atomic E-state index is 5.79. The molecular weight excluding hydrogens is 306 g/mol. The lowest BCUT2D eigenvalue weighted by Gasteiger charge is -2.07. The number of aryl methyl sites for hydroxylation is 1. The van der Waals surface area contributed by atoms with Crippen molar-refractivity contribution in [2.24, 2.45) is 5.92 Å². The number of aromatic nitrogens is 1. The Balaban J connectivity index is 1.36. The molecule has 0 saturated heterocycles. The van der Waals surface area contributed by atoms with Gasteiger partial charge >= 0.3 is 0 Å². The Kier molecular flexibility index (Phi) is 3.99. The Labute approximate surface area is 140 Å². The second-order valence-electron chi connectivity index (χ2n) is 6.01. The van der Waals surface area contributed by atoms with E-state index in [1.54, 1.807) is 12.3 Å². The third-order valence-corrected chi connectivity index (χ3v) is 4.01. The molecular formula is C19H19NO4. The summed E-state index contributed by atoms with van der Waals surface area (Å²) < 4.78 is 22.4. The van der Waals surface area contributed by atoms with Gasteiger partial charge in [0.25, 0.3) is 5.89 Å². The number of benzene rings is 1. The van der Waals surface area contributed by atoms with Crippen LogP contribution in [0, 0.1) is 12.8 Å². The van der Waals surface area contributed by atoms with Gasteiger partial charge < -0.3 is 18.3 Å². The van der Waals surface area contributed by atoms with E-state index >= 15 is 0 Å². The number of rotatable bonds is 7.